The molecule has 0 aromatic heterocycles. The molecule has 1 N–H and O–H groups in total. The van der Waals surface area contributed by atoms with Gasteiger partial charge in [0.1, 0.15) is 4.08 Å². The maximum absolute atomic E-state index is 12.6. The van der Waals surface area contributed by atoms with Gasteiger partial charge in [-0.25, -0.2) is 0 Å². The van der Waals surface area contributed by atoms with Crippen molar-refractivity contribution < 1.29 is 9.32 Å². The summed E-state index contributed by atoms with van der Waals surface area (Å²) in [5, 5.41) is 10.3. The summed E-state index contributed by atoms with van der Waals surface area (Å²) in [6.07, 6.45) is 1.93. The maximum Gasteiger partial charge on any atom is 0.100 e. The number of thioether (sulfide) groups is 1. The topological polar surface area (TPSA) is 37.3 Å². The van der Waals surface area contributed by atoms with Gasteiger partial charge in [0, 0.05) is 27.7 Å². The molecule has 0 saturated carbocycles. The van der Waals surface area contributed by atoms with Crippen molar-refractivity contribution in [3.05, 3.63) is 35.9 Å². The Balaban J connectivity index is 2.39. The highest BCUT2D eigenvalue weighted by atomic mass is 32.2. The van der Waals surface area contributed by atoms with Gasteiger partial charge in [-0.05, 0) is 18.4 Å². The number of rotatable bonds is 5. The van der Waals surface area contributed by atoms with Gasteiger partial charge in [0.15, 0.2) is 0 Å². The predicted molar refractivity (Wildman–Crippen MR) is 84.0 cm³/mol. The van der Waals surface area contributed by atoms with E-state index >= 15 is 0 Å². The predicted octanol–water partition coefficient (Wildman–Crippen LogP) is 3.14. The normalized spacial score (nSPS) is 28.7. The van der Waals surface area contributed by atoms with Gasteiger partial charge in [-0.15, -0.1) is 11.8 Å². The van der Waals surface area contributed by atoms with Gasteiger partial charge >= 0.3 is 0 Å². The van der Waals surface area contributed by atoms with Crippen LogP contribution in [0.1, 0.15) is 38.2 Å². The summed E-state index contributed by atoms with van der Waals surface area (Å²) >= 11 is 1.78. The fourth-order valence-electron chi connectivity index (χ4n) is 2.85. The van der Waals surface area contributed by atoms with Gasteiger partial charge in [0.05, 0.1) is 6.61 Å². The molecule has 2 rings (SSSR count). The van der Waals surface area contributed by atoms with Crippen LogP contribution in [0.25, 0.3) is 0 Å². The standard InChI is InChI=1S/C15H22O2S2/c1-12(2)18-15(9-6-10-19(15)17)14(11-16)13-7-4-3-5-8-13/h3-5,7-8,12,14,16H,6,9-11H2,1-2H3. The molecule has 3 unspecified atom stereocenters. The Morgan fingerprint density at radius 3 is 2.53 bits per heavy atom. The quantitative estimate of drug-likeness (QED) is 0.907. The Morgan fingerprint density at radius 2 is 2.05 bits per heavy atom. The van der Waals surface area contributed by atoms with Crippen LogP contribution >= 0.6 is 11.8 Å². The molecule has 0 radical (unpaired) electrons. The Labute approximate surface area is 122 Å². The van der Waals surface area contributed by atoms with Crippen LogP contribution in [0.5, 0.6) is 0 Å². The lowest BCUT2D eigenvalue weighted by Crippen LogP contribution is -2.37. The molecule has 1 saturated heterocycles. The molecule has 1 fully saturated rings. The Kier molecular flexibility index (Phi) is 5.09. The van der Waals surface area contributed by atoms with E-state index in [1.807, 2.05) is 30.3 Å². The van der Waals surface area contributed by atoms with Gasteiger partial charge in [-0.1, -0.05) is 44.2 Å². The first-order valence-electron chi connectivity index (χ1n) is 6.82. The van der Waals surface area contributed by atoms with Gasteiger partial charge < -0.3 is 5.11 Å². The van der Waals surface area contributed by atoms with Crippen molar-refractivity contribution in [2.75, 3.05) is 12.4 Å². The van der Waals surface area contributed by atoms with Gasteiger partial charge in [-0.3, -0.25) is 4.21 Å². The Bertz CT molecular complexity index is 433. The van der Waals surface area contributed by atoms with Crippen LogP contribution < -0.4 is 0 Å². The Morgan fingerprint density at radius 1 is 1.37 bits per heavy atom. The van der Waals surface area contributed by atoms with Crippen molar-refractivity contribution in [3.8, 4) is 0 Å². The van der Waals surface area contributed by atoms with Gasteiger partial charge in [0.2, 0.25) is 0 Å². The average Bonchev–Trinajstić information content (AvgIpc) is 2.73. The Hall–Kier alpha value is -0.320. The molecule has 0 spiro atoms. The third-order valence-corrected chi connectivity index (χ3v) is 7.72. The SMILES string of the molecule is CC(C)SC1(C(CO)c2ccccc2)CCCS1=O. The zero-order valence-corrected chi connectivity index (χ0v) is 13.2. The minimum atomic E-state index is -0.867. The monoisotopic (exact) mass is 298 g/mol. The zero-order valence-electron chi connectivity index (χ0n) is 11.5. The molecule has 1 aromatic rings. The van der Waals surface area contributed by atoms with Crippen molar-refractivity contribution >= 4 is 22.6 Å². The molecule has 0 amide bonds. The molecule has 1 aliphatic rings. The molecule has 3 atom stereocenters. The summed E-state index contributed by atoms with van der Waals surface area (Å²) in [6.45, 7) is 4.35. The van der Waals surface area contributed by atoms with Gasteiger partial charge in [-0.2, -0.15) is 0 Å². The van der Waals surface area contributed by atoms with E-state index in [0.29, 0.717) is 5.25 Å². The first-order valence-corrected chi connectivity index (χ1v) is 9.02. The lowest BCUT2D eigenvalue weighted by Gasteiger charge is -2.36. The van der Waals surface area contributed by atoms with E-state index < -0.39 is 10.8 Å². The minimum absolute atomic E-state index is 0.0376. The molecule has 1 aromatic carbocycles. The highest BCUT2D eigenvalue weighted by Crippen LogP contribution is 2.50. The summed E-state index contributed by atoms with van der Waals surface area (Å²) in [5.41, 5.74) is 1.11. The highest BCUT2D eigenvalue weighted by Gasteiger charge is 2.48. The summed E-state index contributed by atoms with van der Waals surface area (Å²) in [7, 11) is -0.867. The summed E-state index contributed by atoms with van der Waals surface area (Å²) in [6, 6.07) is 10.0. The first-order chi connectivity index (χ1) is 9.10. The second-order valence-corrected chi connectivity index (χ2v) is 9.27. The largest absolute Gasteiger partial charge is 0.396 e. The summed E-state index contributed by atoms with van der Waals surface area (Å²) in [5.74, 6) is 0.729. The fourth-order valence-corrected chi connectivity index (χ4v) is 7.19. The van der Waals surface area contributed by atoms with Crippen molar-refractivity contribution in [1.29, 1.82) is 0 Å². The molecule has 1 heterocycles. The average molecular weight is 298 g/mol. The van der Waals surface area contributed by atoms with Crippen LogP contribution in [0.15, 0.2) is 30.3 Å². The smallest absolute Gasteiger partial charge is 0.100 e. The molecular formula is C15H22O2S2. The van der Waals surface area contributed by atoms with E-state index in [-0.39, 0.29) is 16.6 Å². The third-order valence-electron chi connectivity index (χ3n) is 3.59. The van der Waals surface area contributed by atoms with Crippen LogP contribution in [0, 0.1) is 0 Å². The number of aliphatic hydroxyl groups excluding tert-OH is 1. The summed E-state index contributed by atoms with van der Waals surface area (Å²) in [4.78, 5) is 0. The number of hydrogen-bond donors (Lipinski definition) is 1. The maximum atomic E-state index is 12.6. The molecule has 106 valence electrons. The minimum Gasteiger partial charge on any atom is -0.396 e. The molecule has 2 nitrogen and oxygen atoms in total. The molecule has 0 aliphatic carbocycles. The lowest BCUT2D eigenvalue weighted by atomic mass is 9.93. The van der Waals surface area contributed by atoms with Crippen LogP contribution in [0.3, 0.4) is 0 Å². The van der Waals surface area contributed by atoms with Crippen LogP contribution in [0.2, 0.25) is 0 Å². The van der Waals surface area contributed by atoms with Crippen molar-refractivity contribution in [3.63, 3.8) is 0 Å². The van der Waals surface area contributed by atoms with Crippen LogP contribution in [0.4, 0.5) is 0 Å². The van der Waals surface area contributed by atoms with Crippen LogP contribution in [-0.2, 0) is 10.8 Å². The zero-order chi connectivity index (χ0) is 13.9. The van der Waals surface area contributed by atoms with E-state index in [1.165, 1.54) is 0 Å². The van der Waals surface area contributed by atoms with Crippen molar-refractivity contribution in [1.82, 2.24) is 0 Å². The van der Waals surface area contributed by atoms with E-state index in [0.717, 1.165) is 24.2 Å². The van der Waals surface area contributed by atoms with E-state index in [2.05, 4.69) is 13.8 Å². The first kappa shape index (κ1) is 15.1. The molecular weight excluding hydrogens is 276 g/mol. The lowest BCUT2D eigenvalue weighted by molar-refractivity contribution is 0.255. The number of benzene rings is 1. The van der Waals surface area contributed by atoms with E-state index in [4.69, 9.17) is 0 Å². The third kappa shape index (κ3) is 3.06. The van der Waals surface area contributed by atoms with Gasteiger partial charge in [0.25, 0.3) is 0 Å². The van der Waals surface area contributed by atoms with Crippen LogP contribution in [-0.4, -0.2) is 31.0 Å². The number of hydrogen-bond acceptors (Lipinski definition) is 3. The fraction of sp³-hybridized carbons (Fsp3) is 0.600. The molecule has 4 heteroatoms. The highest BCUT2D eigenvalue weighted by molar-refractivity contribution is 8.13. The second kappa shape index (κ2) is 6.42. The summed E-state index contributed by atoms with van der Waals surface area (Å²) < 4.78 is 12.3. The van der Waals surface area contributed by atoms with Crippen molar-refractivity contribution in [2.24, 2.45) is 0 Å². The van der Waals surface area contributed by atoms with E-state index in [1.54, 1.807) is 11.8 Å². The van der Waals surface area contributed by atoms with E-state index in [9.17, 15) is 9.32 Å². The second-order valence-electron chi connectivity index (χ2n) is 5.28. The molecule has 0 bridgehead atoms. The molecule has 19 heavy (non-hydrogen) atoms. The molecule has 1 aliphatic heterocycles. The van der Waals surface area contributed by atoms with Crippen molar-refractivity contribution in [2.45, 2.75) is 41.9 Å². The number of aliphatic hydroxyl groups is 1.